The van der Waals surface area contributed by atoms with Crippen LogP contribution in [-0.4, -0.2) is 61.1 Å². The van der Waals surface area contributed by atoms with Crippen molar-refractivity contribution in [3.05, 3.63) is 35.4 Å². The molecule has 1 heterocycles. The lowest BCUT2D eigenvalue weighted by molar-refractivity contribution is -0.129. The summed E-state index contributed by atoms with van der Waals surface area (Å²) in [5.74, 6) is 0.511. The molecule has 1 aliphatic rings. The first-order chi connectivity index (χ1) is 15.3. The molecule has 180 valence electrons. The molecule has 0 saturated carbocycles. The first-order valence-electron chi connectivity index (χ1n) is 11.5. The van der Waals surface area contributed by atoms with Gasteiger partial charge in [0.2, 0.25) is 5.91 Å². The van der Waals surface area contributed by atoms with Crippen LogP contribution in [0.25, 0.3) is 0 Å². The monoisotopic (exact) mass is 465 g/mol. The topological polar surface area (TPSA) is 99.7 Å². The normalized spacial score (nSPS) is 22.1. The number of thioether (sulfide) groups is 1. The number of ether oxygens (including phenoxy) is 1. The fourth-order valence-electron chi connectivity index (χ4n) is 3.84. The lowest BCUT2D eigenvalue weighted by Gasteiger charge is -2.30. The minimum Gasteiger partial charge on any atom is -0.390 e. The molecule has 4 unspecified atom stereocenters. The number of amides is 2. The van der Waals surface area contributed by atoms with E-state index in [1.165, 1.54) is 5.56 Å². The summed E-state index contributed by atoms with van der Waals surface area (Å²) in [5, 5.41) is 19.7. The van der Waals surface area contributed by atoms with Crippen molar-refractivity contribution >= 4 is 23.6 Å². The van der Waals surface area contributed by atoms with Crippen LogP contribution in [0, 0.1) is 11.8 Å². The van der Waals surface area contributed by atoms with E-state index in [1.807, 2.05) is 56.8 Å². The maximum absolute atomic E-state index is 12.5. The molecule has 8 heteroatoms. The van der Waals surface area contributed by atoms with Crippen LogP contribution in [0.15, 0.2) is 24.3 Å². The number of hydrogen-bond donors (Lipinski definition) is 4. The van der Waals surface area contributed by atoms with Crippen LogP contribution < -0.4 is 16.0 Å². The summed E-state index contributed by atoms with van der Waals surface area (Å²) in [6, 6.07) is 8.23. The van der Waals surface area contributed by atoms with Gasteiger partial charge in [-0.25, -0.2) is 0 Å². The van der Waals surface area contributed by atoms with Crippen molar-refractivity contribution in [2.75, 3.05) is 26.0 Å². The van der Waals surface area contributed by atoms with Crippen molar-refractivity contribution in [1.29, 1.82) is 0 Å². The summed E-state index contributed by atoms with van der Waals surface area (Å²) in [4.78, 5) is 24.8. The van der Waals surface area contributed by atoms with Crippen molar-refractivity contribution in [2.24, 2.45) is 11.8 Å². The summed E-state index contributed by atoms with van der Waals surface area (Å²) in [7, 11) is 1.56. The number of aliphatic hydroxyl groups is 1. The van der Waals surface area contributed by atoms with E-state index >= 15 is 0 Å². The molecule has 2 rings (SSSR count). The third-order valence-electron chi connectivity index (χ3n) is 6.15. The van der Waals surface area contributed by atoms with E-state index in [2.05, 4.69) is 22.9 Å². The third-order valence-corrected chi connectivity index (χ3v) is 7.59. The second kappa shape index (κ2) is 13.2. The fourth-order valence-corrected chi connectivity index (χ4v) is 5.10. The largest absolute Gasteiger partial charge is 0.390 e. The molecular weight excluding hydrogens is 426 g/mol. The average molecular weight is 466 g/mol. The van der Waals surface area contributed by atoms with E-state index in [4.69, 9.17) is 4.74 Å². The van der Waals surface area contributed by atoms with Crippen molar-refractivity contribution < 1.29 is 19.4 Å². The Labute approximate surface area is 196 Å². The maximum Gasteiger partial charge on any atom is 0.251 e. The number of methoxy groups -OCH3 is 1. The molecule has 0 bridgehead atoms. The highest BCUT2D eigenvalue weighted by Gasteiger charge is 2.31. The van der Waals surface area contributed by atoms with Crippen molar-refractivity contribution in [3.8, 4) is 0 Å². The Morgan fingerprint density at radius 1 is 1.22 bits per heavy atom. The predicted molar refractivity (Wildman–Crippen MR) is 130 cm³/mol. The molecule has 2 amide bonds. The molecule has 0 radical (unpaired) electrons. The molecule has 7 nitrogen and oxygen atoms in total. The zero-order chi connectivity index (χ0) is 23.7. The molecule has 32 heavy (non-hydrogen) atoms. The van der Waals surface area contributed by atoms with E-state index in [0.29, 0.717) is 42.9 Å². The molecular formula is C24H39N3O4S. The predicted octanol–water partition coefficient (Wildman–Crippen LogP) is 2.70. The van der Waals surface area contributed by atoms with Gasteiger partial charge in [-0.3, -0.25) is 14.9 Å². The Bertz CT molecular complexity index is 730. The average Bonchev–Trinajstić information content (AvgIpc) is 3.24. The zero-order valence-corrected chi connectivity index (χ0v) is 20.7. The number of benzene rings is 1. The van der Waals surface area contributed by atoms with Gasteiger partial charge in [-0.05, 0) is 43.4 Å². The Morgan fingerprint density at radius 2 is 1.88 bits per heavy atom. The Morgan fingerprint density at radius 3 is 2.44 bits per heavy atom. The second-order valence-corrected chi connectivity index (χ2v) is 9.77. The highest BCUT2D eigenvalue weighted by atomic mass is 32.2. The summed E-state index contributed by atoms with van der Waals surface area (Å²) in [6.45, 7) is 8.79. The molecule has 0 aliphatic carbocycles. The zero-order valence-electron chi connectivity index (χ0n) is 19.9. The van der Waals surface area contributed by atoms with E-state index in [-0.39, 0.29) is 29.8 Å². The second-order valence-electron chi connectivity index (χ2n) is 8.63. The lowest BCUT2D eigenvalue weighted by Crippen LogP contribution is -2.42. The van der Waals surface area contributed by atoms with E-state index in [0.717, 1.165) is 5.75 Å². The minimum absolute atomic E-state index is 0.0718. The Hall–Kier alpha value is -1.61. The first-order valence-corrected chi connectivity index (χ1v) is 12.6. The van der Waals surface area contributed by atoms with Crippen LogP contribution in [0.5, 0.6) is 0 Å². The van der Waals surface area contributed by atoms with Gasteiger partial charge in [-0.2, -0.15) is 0 Å². The minimum atomic E-state index is -0.591. The standard InChI is InChI=1S/C24H39N3O4S/c1-6-20(28)21(31-5)16(3)17(4)22(29)25-12-7-13-26-23(30)18-8-10-19(11-9-18)24-27-15(2)14-32-24/h8-11,15-17,20-21,24,27-28H,6-7,12-14H2,1-5H3,(H,25,29)(H,26,30)/t15?,16-,17?,20?,21+,24?/m1/s1. The van der Waals surface area contributed by atoms with E-state index in [1.54, 1.807) is 7.11 Å². The quantitative estimate of drug-likeness (QED) is 0.354. The summed E-state index contributed by atoms with van der Waals surface area (Å²) >= 11 is 1.88. The van der Waals surface area contributed by atoms with Crippen molar-refractivity contribution in [1.82, 2.24) is 16.0 Å². The van der Waals surface area contributed by atoms with Crippen molar-refractivity contribution in [3.63, 3.8) is 0 Å². The molecule has 1 aromatic rings. The van der Waals surface area contributed by atoms with Gasteiger partial charge < -0.3 is 20.5 Å². The number of hydrogen-bond acceptors (Lipinski definition) is 6. The van der Waals surface area contributed by atoms with Crippen LogP contribution in [0.2, 0.25) is 0 Å². The molecule has 1 saturated heterocycles. The molecule has 1 fully saturated rings. The molecule has 0 spiro atoms. The number of rotatable bonds is 12. The van der Waals surface area contributed by atoms with Crippen molar-refractivity contribution in [2.45, 2.75) is 64.2 Å². The fraction of sp³-hybridized carbons (Fsp3) is 0.667. The Balaban J connectivity index is 1.69. The highest BCUT2D eigenvalue weighted by molar-refractivity contribution is 7.99. The van der Waals surface area contributed by atoms with Crippen LogP contribution in [-0.2, 0) is 9.53 Å². The highest BCUT2D eigenvalue weighted by Crippen LogP contribution is 2.32. The van der Waals surface area contributed by atoms with Crippen LogP contribution in [0.4, 0.5) is 0 Å². The molecule has 4 N–H and O–H groups in total. The van der Waals surface area contributed by atoms with Gasteiger partial charge in [0.1, 0.15) is 0 Å². The van der Waals surface area contributed by atoms with E-state index < -0.39 is 6.10 Å². The van der Waals surface area contributed by atoms with Gasteiger partial charge in [0, 0.05) is 43.5 Å². The molecule has 1 aromatic carbocycles. The summed E-state index contributed by atoms with van der Waals surface area (Å²) < 4.78 is 5.41. The number of carbonyl (C=O) groups excluding carboxylic acids is 2. The van der Waals surface area contributed by atoms with Gasteiger partial charge in [0.05, 0.1) is 17.6 Å². The molecule has 6 atom stereocenters. The van der Waals surface area contributed by atoms with Gasteiger partial charge in [0.15, 0.2) is 0 Å². The smallest absolute Gasteiger partial charge is 0.251 e. The molecule has 1 aliphatic heterocycles. The maximum atomic E-state index is 12.5. The van der Waals surface area contributed by atoms with Crippen LogP contribution in [0.1, 0.15) is 61.8 Å². The molecule has 0 aromatic heterocycles. The SMILES string of the molecule is CCC(O)[C@@H](OC)[C@H](C)C(C)C(=O)NCCCNC(=O)c1ccc(C2NC(C)CS2)cc1. The van der Waals surface area contributed by atoms with Gasteiger partial charge in [-0.1, -0.05) is 32.9 Å². The van der Waals surface area contributed by atoms with Crippen LogP contribution in [0.3, 0.4) is 0 Å². The Kier molecular flexibility index (Phi) is 11.0. The first kappa shape index (κ1) is 26.6. The van der Waals surface area contributed by atoms with Crippen LogP contribution >= 0.6 is 11.8 Å². The summed E-state index contributed by atoms with van der Waals surface area (Å²) in [6.07, 6.45) is 0.252. The number of aliphatic hydroxyl groups excluding tert-OH is 1. The lowest BCUT2D eigenvalue weighted by atomic mass is 9.86. The van der Waals surface area contributed by atoms with Gasteiger partial charge in [0.25, 0.3) is 5.91 Å². The number of nitrogens with one attached hydrogen (secondary N) is 3. The van der Waals surface area contributed by atoms with E-state index in [9.17, 15) is 14.7 Å². The van der Waals surface area contributed by atoms with Gasteiger partial charge >= 0.3 is 0 Å². The summed E-state index contributed by atoms with van der Waals surface area (Å²) in [5.41, 5.74) is 1.82. The number of carbonyl (C=O) groups is 2. The van der Waals surface area contributed by atoms with Gasteiger partial charge in [-0.15, -0.1) is 11.8 Å². The third kappa shape index (κ3) is 7.47.